The molecule has 3 aliphatic heterocycles. The van der Waals surface area contributed by atoms with Crippen LogP contribution in [0.2, 0.25) is 0 Å². The first-order chi connectivity index (χ1) is 34.4. The predicted octanol–water partition coefficient (Wildman–Crippen LogP) is 13.3. The molecule has 3 aliphatic rings. The van der Waals surface area contributed by atoms with Gasteiger partial charge >= 0.3 is 0 Å². The largest absolute Gasteiger partial charge is 0.385 e. The van der Waals surface area contributed by atoms with E-state index in [4.69, 9.17) is 5.73 Å². The van der Waals surface area contributed by atoms with E-state index in [1.807, 2.05) is 6.08 Å². The Bertz CT molecular complexity index is 4000. The average molecular weight is 911 g/mol. The van der Waals surface area contributed by atoms with Crippen LogP contribution in [0.4, 0.5) is 0 Å². The van der Waals surface area contributed by atoms with Gasteiger partial charge in [-0.05, 0) is 92.6 Å². The summed E-state index contributed by atoms with van der Waals surface area (Å²) in [6.45, 7) is 4.46. The number of dihydropyridines is 1. The highest BCUT2D eigenvalue weighted by Gasteiger charge is 2.30. The van der Waals surface area contributed by atoms with Gasteiger partial charge in [0, 0.05) is 57.5 Å². The lowest BCUT2D eigenvalue weighted by Gasteiger charge is -2.39. The van der Waals surface area contributed by atoms with Crippen molar-refractivity contribution in [1.82, 2.24) is 33.4 Å². The SMILES string of the molecule is Cc1c(C)n(C2=CC=CC(C3C=CC=C(n4c5ccccc5c5cc6c(cc54)c4ccccc4n6C4=CC=CC(C/C=C\C=C(/N)n5c6ccccc6c6ccccc65)N4C)N3)N2C)c2ccccc12. The summed E-state index contributed by atoms with van der Waals surface area (Å²) in [7, 11) is 4.44. The lowest BCUT2D eigenvalue weighted by Crippen LogP contribution is -2.48. The normalized spacial score (nSPS) is 18.7. The van der Waals surface area contributed by atoms with E-state index in [9.17, 15) is 0 Å². The zero-order chi connectivity index (χ0) is 47.2. The van der Waals surface area contributed by atoms with Gasteiger partial charge < -0.3 is 20.9 Å². The highest BCUT2D eigenvalue weighted by atomic mass is 15.3. The maximum atomic E-state index is 6.83. The van der Waals surface area contributed by atoms with Gasteiger partial charge in [-0.3, -0.25) is 18.3 Å². The summed E-state index contributed by atoms with van der Waals surface area (Å²) >= 11 is 0. The molecule has 7 heterocycles. The molecule has 0 radical (unpaired) electrons. The second-order valence-electron chi connectivity index (χ2n) is 19.0. The molecule has 3 N–H and O–H groups in total. The fourth-order valence-corrected chi connectivity index (χ4v) is 11.7. The van der Waals surface area contributed by atoms with Crippen LogP contribution in [-0.2, 0) is 0 Å². The number of benzene rings is 6. The molecule has 0 fully saturated rings. The topological polar surface area (TPSA) is 64.2 Å². The van der Waals surface area contributed by atoms with Crippen LogP contribution in [0.3, 0.4) is 0 Å². The smallest absolute Gasteiger partial charge is 0.113 e. The van der Waals surface area contributed by atoms with E-state index in [0.717, 1.165) is 29.1 Å². The molecular weight excluding hydrogens is 857 g/mol. The van der Waals surface area contributed by atoms with Gasteiger partial charge in [-0.2, -0.15) is 0 Å². The molecule has 3 atom stereocenters. The summed E-state index contributed by atoms with van der Waals surface area (Å²) in [4.78, 5) is 4.83. The number of nitrogens with zero attached hydrogens (tertiary/aromatic N) is 6. The Balaban J connectivity index is 0.826. The number of nitrogens with two attached hydrogens (primary N) is 1. The number of para-hydroxylation sites is 5. The van der Waals surface area contributed by atoms with Crippen molar-refractivity contribution >= 4 is 99.6 Å². The zero-order valence-electron chi connectivity index (χ0n) is 39.8. The van der Waals surface area contributed by atoms with E-state index in [-0.39, 0.29) is 18.1 Å². The van der Waals surface area contributed by atoms with Gasteiger partial charge in [0.1, 0.15) is 23.3 Å². The van der Waals surface area contributed by atoms with Crippen molar-refractivity contribution in [2.24, 2.45) is 5.73 Å². The summed E-state index contributed by atoms with van der Waals surface area (Å²) in [6.07, 6.45) is 27.5. The van der Waals surface area contributed by atoms with E-state index in [2.05, 4.69) is 262 Å². The highest BCUT2D eigenvalue weighted by molar-refractivity contribution is 6.19. The molecular formula is C62H54N8. The predicted molar refractivity (Wildman–Crippen MR) is 296 cm³/mol. The third kappa shape index (κ3) is 6.29. The molecule has 0 saturated heterocycles. The van der Waals surface area contributed by atoms with Gasteiger partial charge in [0.05, 0.1) is 56.7 Å². The van der Waals surface area contributed by atoms with Crippen LogP contribution in [-0.4, -0.2) is 60.3 Å². The molecule has 3 unspecified atom stereocenters. The fraction of sp³-hybridized carbons (Fsp3) is 0.129. The van der Waals surface area contributed by atoms with Crippen molar-refractivity contribution in [2.45, 2.75) is 38.4 Å². The number of allylic oxidation sites excluding steroid dienone is 8. The van der Waals surface area contributed by atoms with Gasteiger partial charge in [-0.15, -0.1) is 0 Å². The minimum Gasteiger partial charge on any atom is -0.385 e. The molecule has 0 bridgehead atoms. The number of aryl methyl sites for hydroxylation is 1. The molecule has 8 nitrogen and oxygen atoms in total. The van der Waals surface area contributed by atoms with Crippen LogP contribution in [0.5, 0.6) is 0 Å². The summed E-state index contributed by atoms with van der Waals surface area (Å²) in [5.41, 5.74) is 17.6. The number of likely N-dealkylation sites (N-methyl/N-ethyl adjacent to an activating group) is 2. The highest BCUT2D eigenvalue weighted by Crippen LogP contribution is 2.41. The number of hydrogen-bond acceptors (Lipinski definition) is 4. The van der Waals surface area contributed by atoms with Crippen LogP contribution >= 0.6 is 0 Å². The van der Waals surface area contributed by atoms with Crippen LogP contribution in [0.25, 0.3) is 99.6 Å². The molecule has 0 amide bonds. The molecule has 70 heavy (non-hydrogen) atoms. The van der Waals surface area contributed by atoms with E-state index >= 15 is 0 Å². The summed E-state index contributed by atoms with van der Waals surface area (Å²) in [5.74, 6) is 4.05. The fourth-order valence-electron chi connectivity index (χ4n) is 11.7. The molecule has 8 heteroatoms. The molecule has 4 aromatic heterocycles. The minimum absolute atomic E-state index is 0.0214. The Labute approximate surface area is 407 Å². The first-order valence-electron chi connectivity index (χ1n) is 24.4. The third-order valence-corrected chi connectivity index (χ3v) is 15.3. The molecule has 10 aromatic rings. The number of fused-ring (bicyclic) bond motifs is 10. The van der Waals surface area contributed by atoms with Crippen LogP contribution < -0.4 is 11.1 Å². The van der Waals surface area contributed by atoms with Crippen molar-refractivity contribution in [1.29, 1.82) is 0 Å². The first-order valence-corrected chi connectivity index (χ1v) is 24.4. The lowest BCUT2D eigenvalue weighted by atomic mass is 10.0. The van der Waals surface area contributed by atoms with Crippen LogP contribution in [0.15, 0.2) is 206 Å². The van der Waals surface area contributed by atoms with E-state index < -0.39 is 0 Å². The number of aromatic nitrogens is 4. The standard InChI is InChI=1S/C62H54N8/c1-40-41(2)67(51-28-11-6-22-43(40)51)62-37-19-33-56(66(62)4)50-27-18-35-60(64-50)69-54-31-14-9-25-46(54)48-39-58-49(38-57(48)69)47-26-10-15-32-55(47)70(58)61-36-17-21-42(65(61)3)20-5-16-34-59(63)68-52-29-12-7-23-44(52)45-24-8-13-30-53(45)68/h5-19,21-39,42,50,56,64H,20,63H2,1-4H3/b16-5-,59-34+. The van der Waals surface area contributed by atoms with Gasteiger partial charge in [0.2, 0.25) is 0 Å². The lowest BCUT2D eigenvalue weighted by molar-refractivity contribution is 0.342. The number of rotatable bonds is 8. The van der Waals surface area contributed by atoms with E-state index in [1.54, 1.807) is 0 Å². The van der Waals surface area contributed by atoms with E-state index in [0.29, 0.717) is 5.82 Å². The molecule has 0 saturated carbocycles. The summed E-state index contributed by atoms with van der Waals surface area (Å²) in [5, 5.41) is 12.6. The molecule has 6 aromatic carbocycles. The van der Waals surface area contributed by atoms with Gasteiger partial charge in [0.15, 0.2) is 0 Å². The van der Waals surface area contributed by atoms with Crippen molar-refractivity contribution in [3.63, 3.8) is 0 Å². The average Bonchev–Trinajstić information content (AvgIpc) is 4.09. The second-order valence-corrected chi connectivity index (χ2v) is 19.0. The number of hydrogen-bond donors (Lipinski definition) is 2. The quantitative estimate of drug-likeness (QED) is 0.149. The Hall–Kier alpha value is -8.62. The summed E-state index contributed by atoms with van der Waals surface area (Å²) < 4.78 is 9.46. The van der Waals surface area contributed by atoms with Crippen molar-refractivity contribution in [3.8, 4) is 0 Å². The molecule has 0 spiro atoms. The van der Waals surface area contributed by atoms with E-state index in [1.165, 1.54) is 82.4 Å². The monoisotopic (exact) mass is 910 g/mol. The summed E-state index contributed by atoms with van der Waals surface area (Å²) in [6, 6.07) is 48.4. The van der Waals surface area contributed by atoms with Crippen molar-refractivity contribution in [2.75, 3.05) is 14.1 Å². The first kappa shape index (κ1) is 41.6. The Morgan fingerprint density at radius 2 is 1.03 bits per heavy atom. The zero-order valence-corrected chi connectivity index (χ0v) is 39.8. The third-order valence-electron chi connectivity index (χ3n) is 15.3. The molecule has 13 rings (SSSR count). The Morgan fingerprint density at radius 3 is 1.67 bits per heavy atom. The second kappa shape index (κ2) is 16.3. The van der Waals surface area contributed by atoms with Gasteiger partial charge in [0.25, 0.3) is 0 Å². The van der Waals surface area contributed by atoms with Crippen molar-refractivity contribution in [3.05, 3.63) is 218 Å². The maximum absolute atomic E-state index is 6.83. The Morgan fingerprint density at radius 1 is 0.529 bits per heavy atom. The van der Waals surface area contributed by atoms with Gasteiger partial charge in [-0.1, -0.05) is 140 Å². The van der Waals surface area contributed by atoms with Crippen LogP contribution in [0.1, 0.15) is 17.7 Å². The van der Waals surface area contributed by atoms with Crippen molar-refractivity contribution < 1.29 is 0 Å². The van der Waals surface area contributed by atoms with Crippen LogP contribution in [0, 0.1) is 13.8 Å². The Kier molecular flexibility index (Phi) is 9.66. The molecule has 342 valence electrons. The minimum atomic E-state index is 0.0214. The van der Waals surface area contributed by atoms with Gasteiger partial charge in [-0.25, -0.2) is 0 Å². The molecule has 0 aliphatic carbocycles. The number of nitrogens with one attached hydrogen (secondary N) is 1. The maximum Gasteiger partial charge on any atom is 0.113 e.